The third-order valence-corrected chi connectivity index (χ3v) is 3.89. The maximum absolute atomic E-state index is 12.2. The van der Waals surface area contributed by atoms with E-state index in [-0.39, 0.29) is 5.56 Å². The molecule has 0 atom stereocenters. The first-order chi connectivity index (χ1) is 10.3. The minimum Gasteiger partial charge on any atom is -0.437 e. The van der Waals surface area contributed by atoms with E-state index in [1.165, 1.54) is 11.9 Å². The molecular formula is C17H14N2O2. The molecule has 2 heterocycles. The molecule has 1 aliphatic carbocycles. The number of benzene rings is 1. The molecule has 21 heavy (non-hydrogen) atoms. The standard InChI is InChI=1S/C17H14N2O2/c20-16-14-13(11-6-4-5-7-11)15(12-8-2-1-3-9-12)21-17(14)19-10-18-16/h1-3,6,8-10H,4-5,7H2,(H,18,19,20). The van der Waals surface area contributed by atoms with E-state index < -0.39 is 0 Å². The van der Waals surface area contributed by atoms with Crippen LogP contribution in [0, 0.1) is 0 Å². The van der Waals surface area contributed by atoms with Gasteiger partial charge in [-0.1, -0.05) is 36.4 Å². The number of aromatic amines is 1. The monoisotopic (exact) mass is 278 g/mol. The fraction of sp³-hybridized carbons (Fsp3) is 0.176. The lowest BCUT2D eigenvalue weighted by Gasteiger charge is -2.03. The quantitative estimate of drug-likeness (QED) is 0.776. The molecule has 1 aromatic carbocycles. The van der Waals surface area contributed by atoms with Crippen molar-refractivity contribution in [3.8, 4) is 11.3 Å². The lowest BCUT2D eigenvalue weighted by atomic mass is 9.99. The molecular weight excluding hydrogens is 264 g/mol. The summed E-state index contributed by atoms with van der Waals surface area (Å²) in [7, 11) is 0. The van der Waals surface area contributed by atoms with Gasteiger partial charge in [0, 0.05) is 11.1 Å². The van der Waals surface area contributed by atoms with Crippen molar-refractivity contribution in [2.75, 3.05) is 0 Å². The highest BCUT2D eigenvalue weighted by molar-refractivity contribution is 5.96. The summed E-state index contributed by atoms with van der Waals surface area (Å²) in [5.74, 6) is 0.739. The highest BCUT2D eigenvalue weighted by Gasteiger charge is 2.23. The lowest BCUT2D eigenvalue weighted by molar-refractivity contribution is 0.616. The molecule has 104 valence electrons. The topological polar surface area (TPSA) is 58.9 Å². The van der Waals surface area contributed by atoms with Crippen LogP contribution in [0.1, 0.15) is 24.8 Å². The molecule has 0 radical (unpaired) electrons. The summed E-state index contributed by atoms with van der Waals surface area (Å²) in [5, 5.41) is 0.560. The number of nitrogens with zero attached hydrogens (tertiary/aromatic N) is 1. The van der Waals surface area contributed by atoms with Crippen LogP contribution in [-0.4, -0.2) is 9.97 Å². The van der Waals surface area contributed by atoms with Gasteiger partial charge in [0.05, 0.1) is 6.33 Å². The molecule has 0 aliphatic heterocycles. The van der Waals surface area contributed by atoms with E-state index in [1.807, 2.05) is 30.3 Å². The number of nitrogens with one attached hydrogen (secondary N) is 1. The van der Waals surface area contributed by atoms with Crippen LogP contribution in [0.15, 0.2) is 51.9 Å². The van der Waals surface area contributed by atoms with Gasteiger partial charge in [0.15, 0.2) is 0 Å². The fourth-order valence-electron chi connectivity index (χ4n) is 2.94. The number of H-pyrrole nitrogens is 1. The summed E-state index contributed by atoms with van der Waals surface area (Å²) in [6, 6.07) is 9.88. The predicted octanol–water partition coefficient (Wildman–Crippen LogP) is 3.75. The Balaban J connectivity index is 2.09. The van der Waals surface area contributed by atoms with Crippen molar-refractivity contribution in [1.82, 2.24) is 9.97 Å². The Kier molecular flexibility index (Phi) is 2.74. The minimum atomic E-state index is -0.145. The van der Waals surface area contributed by atoms with Gasteiger partial charge in [0.2, 0.25) is 5.71 Å². The van der Waals surface area contributed by atoms with Crippen molar-refractivity contribution in [3.63, 3.8) is 0 Å². The van der Waals surface area contributed by atoms with Crippen molar-refractivity contribution < 1.29 is 4.42 Å². The maximum Gasteiger partial charge on any atom is 0.262 e. The van der Waals surface area contributed by atoms with Gasteiger partial charge in [0.25, 0.3) is 5.56 Å². The maximum atomic E-state index is 12.2. The average molecular weight is 278 g/mol. The second-order valence-corrected chi connectivity index (χ2v) is 5.21. The van der Waals surface area contributed by atoms with Crippen LogP contribution >= 0.6 is 0 Å². The van der Waals surface area contributed by atoms with E-state index in [4.69, 9.17) is 4.42 Å². The Morgan fingerprint density at radius 3 is 2.81 bits per heavy atom. The van der Waals surface area contributed by atoms with Crippen molar-refractivity contribution in [2.45, 2.75) is 19.3 Å². The lowest BCUT2D eigenvalue weighted by Crippen LogP contribution is -2.06. The van der Waals surface area contributed by atoms with Gasteiger partial charge < -0.3 is 9.40 Å². The normalized spacial score (nSPS) is 14.6. The van der Waals surface area contributed by atoms with Crippen LogP contribution in [0.2, 0.25) is 0 Å². The first-order valence-corrected chi connectivity index (χ1v) is 7.09. The highest BCUT2D eigenvalue weighted by atomic mass is 16.3. The Labute approximate surface area is 121 Å². The number of fused-ring (bicyclic) bond motifs is 1. The molecule has 0 fully saturated rings. The van der Waals surface area contributed by atoms with E-state index in [0.29, 0.717) is 11.1 Å². The molecule has 0 saturated carbocycles. The van der Waals surface area contributed by atoms with Gasteiger partial charge in [-0.05, 0) is 24.8 Å². The largest absolute Gasteiger partial charge is 0.437 e. The molecule has 3 aromatic rings. The van der Waals surface area contributed by atoms with Crippen LogP contribution in [0.25, 0.3) is 28.0 Å². The Hall–Kier alpha value is -2.62. The molecule has 1 aliphatic rings. The first kappa shape index (κ1) is 12.1. The number of allylic oxidation sites excluding steroid dienone is 2. The van der Waals surface area contributed by atoms with Gasteiger partial charge in [-0.2, -0.15) is 0 Å². The zero-order valence-corrected chi connectivity index (χ0v) is 11.4. The Morgan fingerprint density at radius 2 is 2.05 bits per heavy atom. The third kappa shape index (κ3) is 1.91. The molecule has 0 bridgehead atoms. The summed E-state index contributed by atoms with van der Waals surface area (Å²) < 4.78 is 5.91. The van der Waals surface area contributed by atoms with Crippen LogP contribution < -0.4 is 5.56 Å². The number of hydrogen-bond donors (Lipinski definition) is 1. The number of rotatable bonds is 2. The Bertz CT molecular complexity index is 888. The van der Waals surface area contributed by atoms with Crippen molar-refractivity contribution in [2.24, 2.45) is 0 Å². The van der Waals surface area contributed by atoms with Crippen LogP contribution in [-0.2, 0) is 0 Å². The van der Waals surface area contributed by atoms with Crippen molar-refractivity contribution in [1.29, 1.82) is 0 Å². The van der Waals surface area contributed by atoms with Crippen molar-refractivity contribution >= 4 is 16.7 Å². The fourth-order valence-corrected chi connectivity index (χ4v) is 2.94. The van der Waals surface area contributed by atoms with E-state index >= 15 is 0 Å². The van der Waals surface area contributed by atoms with E-state index in [0.717, 1.165) is 36.1 Å². The SMILES string of the molecule is O=c1[nH]cnc2oc(-c3ccccc3)c(C3=CCCC3)c12. The molecule has 0 spiro atoms. The number of hydrogen-bond acceptors (Lipinski definition) is 3. The summed E-state index contributed by atoms with van der Waals surface area (Å²) in [6.45, 7) is 0. The van der Waals surface area contributed by atoms with Crippen LogP contribution in [0.3, 0.4) is 0 Å². The second kappa shape index (κ2) is 4.74. The first-order valence-electron chi connectivity index (χ1n) is 7.09. The smallest absolute Gasteiger partial charge is 0.262 e. The van der Waals surface area contributed by atoms with E-state index in [9.17, 15) is 4.79 Å². The van der Waals surface area contributed by atoms with Crippen LogP contribution in [0.4, 0.5) is 0 Å². The van der Waals surface area contributed by atoms with Gasteiger partial charge in [-0.25, -0.2) is 4.98 Å². The van der Waals surface area contributed by atoms with E-state index in [2.05, 4.69) is 16.0 Å². The molecule has 4 nitrogen and oxygen atoms in total. The summed E-state index contributed by atoms with van der Waals surface area (Å²) in [6.07, 6.45) is 6.73. The molecule has 0 amide bonds. The predicted molar refractivity (Wildman–Crippen MR) is 81.9 cm³/mol. The molecule has 0 unspecified atom stereocenters. The highest BCUT2D eigenvalue weighted by Crippen LogP contribution is 2.39. The molecule has 4 heteroatoms. The van der Waals surface area contributed by atoms with Gasteiger partial charge in [-0.15, -0.1) is 0 Å². The minimum absolute atomic E-state index is 0.145. The molecule has 4 rings (SSSR count). The molecule has 1 N–H and O–H groups in total. The second-order valence-electron chi connectivity index (χ2n) is 5.21. The third-order valence-electron chi connectivity index (χ3n) is 3.89. The molecule has 0 saturated heterocycles. The number of aromatic nitrogens is 2. The summed E-state index contributed by atoms with van der Waals surface area (Å²) >= 11 is 0. The average Bonchev–Trinajstić information content (AvgIpc) is 3.15. The molecule has 2 aromatic heterocycles. The van der Waals surface area contributed by atoms with E-state index in [1.54, 1.807) is 0 Å². The summed E-state index contributed by atoms with van der Waals surface area (Å²) in [4.78, 5) is 19.0. The van der Waals surface area contributed by atoms with Gasteiger partial charge >= 0.3 is 0 Å². The zero-order chi connectivity index (χ0) is 14.2. The van der Waals surface area contributed by atoms with Gasteiger partial charge in [0.1, 0.15) is 11.1 Å². The zero-order valence-electron chi connectivity index (χ0n) is 11.4. The van der Waals surface area contributed by atoms with Crippen molar-refractivity contribution in [3.05, 3.63) is 58.7 Å². The number of furan rings is 1. The van der Waals surface area contributed by atoms with Gasteiger partial charge in [-0.3, -0.25) is 4.79 Å². The van der Waals surface area contributed by atoms with Crippen LogP contribution in [0.5, 0.6) is 0 Å². The summed E-state index contributed by atoms with van der Waals surface area (Å²) in [5.41, 5.74) is 3.32. The Morgan fingerprint density at radius 1 is 1.19 bits per heavy atom.